The van der Waals surface area contributed by atoms with E-state index < -0.39 is 12.0 Å². The Morgan fingerprint density at radius 1 is 1.14 bits per heavy atom. The Hall–Kier alpha value is -3.68. The summed E-state index contributed by atoms with van der Waals surface area (Å²) in [6, 6.07) is 18.3. The number of esters is 1. The Labute approximate surface area is 216 Å². The number of hydrogen-bond acceptors (Lipinski definition) is 6. The van der Waals surface area contributed by atoms with E-state index in [-0.39, 0.29) is 12.2 Å². The summed E-state index contributed by atoms with van der Waals surface area (Å²) in [6.07, 6.45) is 1.84. The van der Waals surface area contributed by atoms with E-state index in [0.29, 0.717) is 31.4 Å². The first-order valence-corrected chi connectivity index (χ1v) is 12.6. The number of allylic oxidation sites excluding steroid dienone is 1. The first kappa shape index (κ1) is 24.0. The Bertz CT molecular complexity index is 1700. The minimum atomic E-state index is -0.686. The second-order valence-electron chi connectivity index (χ2n) is 8.26. The average molecular weight is 519 g/mol. The van der Waals surface area contributed by atoms with Crippen LogP contribution in [0.1, 0.15) is 31.0 Å². The highest BCUT2D eigenvalue weighted by atomic mass is 35.5. The molecule has 5 rings (SSSR count). The molecule has 6 nitrogen and oxygen atoms in total. The van der Waals surface area contributed by atoms with E-state index in [2.05, 4.69) is 4.99 Å². The zero-order valence-corrected chi connectivity index (χ0v) is 21.5. The molecule has 0 amide bonds. The third kappa shape index (κ3) is 4.14. The molecule has 0 unspecified atom stereocenters. The van der Waals surface area contributed by atoms with Gasteiger partial charge in [0.25, 0.3) is 5.56 Å². The number of benzene rings is 3. The number of fused-ring (bicyclic) bond motifs is 2. The van der Waals surface area contributed by atoms with Crippen LogP contribution in [0.4, 0.5) is 0 Å². The van der Waals surface area contributed by atoms with Crippen molar-refractivity contribution in [3.63, 3.8) is 0 Å². The highest BCUT2D eigenvalue weighted by Crippen LogP contribution is 2.32. The van der Waals surface area contributed by atoms with E-state index in [0.717, 1.165) is 21.9 Å². The van der Waals surface area contributed by atoms with Gasteiger partial charge in [-0.15, -0.1) is 0 Å². The van der Waals surface area contributed by atoms with Crippen molar-refractivity contribution in [2.45, 2.75) is 19.9 Å². The summed E-state index contributed by atoms with van der Waals surface area (Å²) < 4.78 is 13.0. The number of aromatic nitrogens is 1. The number of ether oxygens (including phenoxy) is 2. The van der Waals surface area contributed by atoms with Gasteiger partial charge in [0.1, 0.15) is 5.75 Å². The van der Waals surface area contributed by atoms with Crippen LogP contribution in [0.25, 0.3) is 16.8 Å². The topological polar surface area (TPSA) is 69.9 Å². The number of methoxy groups -OCH3 is 1. The summed E-state index contributed by atoms with van der Waals surface area (Å²) in [5.41, 5.74) is 2.16. The third-order valence-electron chi connectivity index (χ3n) is 6.13. The highest BCUT2D eigenvalue weighted by Gasteiger charge is 2.33. The van der Waals surface area contributed by atoms with Gasteiger partial charge >= 0.3 is 5.97 Å². The predicted octanol–water partition coefficient (Wildman–Crippen LogP) is 4.61. The van der Waals surface area contributed by atoms with Gasteiger partial charge in [-0.3, -0.25) is 9.36 Å². The molecule has 0 N–H and O–H groups in total. The smallest absolute Gasteiger partial charge is 0.338 e. The summed E-state index contributed by atoms with van der Waals surface area (Å²) >= 11 is 7.40. The fourth-order valence-electron chi connectivity index (χ4n) is 4.49. The molecular weight excluding hydrogens is 496 g/mol. The molecule has 1 aliphatic rings. The molecule has 0 fully saturated rings. The normalized spacial score (nSPS) is 15.6. The van der Waals surface area contributed by atoms with E-state index >= 15 is 0 Å². The van der Waals surface area contributed by atoms with Crippen molar-refractivity contribution in [1.29, 1.82) is 0 Å². The molecule has 2 heterocycles. The lowest BCUT2D eigenvalue weighted by Crippen LogP contribution is -2.39. The summed E-state index contributed by atoms with van der Waals surface area (Å²) in [5, 5.41) is 2.57. The van der Waals surface area contributed by atoms with Gasteiger partial charge in [0.2, 0.25) is 0 Å². The van der Waals surface area contributed by atoms with E-state index in [9.17, 15) is 9.59 Å². The van der Waals surface area contributed by atoms with E-state index in [1.54, 1.807) is 37.7 Å². The maximum atomic E-state index is 13.9. The van der Waals surface area contributed by atoms with Crippen LogP contribution in [-0.4, -0.2) is 24.3 Å². The van der Waals surface area contributed by atoms with Gasteiger partial charge < -0.3 is 9.47 Å². The molecule has 1 aromatic heterocycles. The number of nitrogens with zero attached hydrogens (tertiary/aromatic N) is 2. The first-order chi connectivity index (χ1) is 17.4. The van der Waals surface area contributed by atoms with Gasteiger partial charge in [-0.25, -0.2) is 9.79 Å². The second kappa shape index (κ2) is 9.76. The molecule has 0 spiro atoms. The maximum absolute atomic E-state index is 13.9. The molecular formula is C28H23ClN2O4S. The quantitative estimate of drug-likeness (QED) is 0.362. The van der Waals surface area contributed by atoms with Crippen LogP contribution in [0.15, 0.2) is 81.7 Å². The standard InChI is InChI=1S/C28H23ClN2O4S/c1-4-35-27(33)24-16(2)30-28-31(25(24)18-9-12-19(29)13-10-18)26(32)23(36-28)15-21-20-8-6-5-7-17(20)11-14-22(21)34-3/h5-15,25H,4H2,1-3H3/b23-15-/t25-/m0/s1. The lowest BCUT2D eigenvalue weighted by Gasteiger charge is -2.24. The van der Waals surface area contributed by atoms with Crippen LogP contribution in [0.5, 0.6) is 5.75 Å². The fraction of sp³-hybridized carbons (Fsp3) is 0.179. The van der Waals surface area contributed by atoms with Gasteiger partial charge in [-0.05, 0) is 54.5 Å². The molecule has 3 aromatic carbocycles. The van der Waals surface area contributed by atoms with Crippen LogP contribution in [0, 0.1) is 0 Å². The maximum Gasteiger partial charge on any atom is 0.338 e. The number of hydrogen-bond donors (Lipinski definition) is 0. The summed E-state index contributed by atoms with van der Waals surface area (Å²) in [5.74, 6) is 0.167. The third-order valence-corrected chi connectivity index (χ3v) is 7.36. The fourth-order valence-corrected chi connectivity index (χ4v) is 5.64. The van der Waals surface area contributed by atoms with Gasteiger partial charge in [0.15, 0.2) is 4.80 Å². The van der Waals surface area contributed by atoms with Crippen molar-refractivity contribution < 1.29 is 14.3 Å². The largest absolute Gasteiger partial charge is 0.496 e. The van der Waals surface area contributed by atoms with Crippen molar-refractivity contribution in [3.05, 3.63) is 108 Å². The molecule has 1 atom stereocenters. The van der Waals surface area contributed by atoms with Crippen LogP contribution < -0.4 is 19.6 Å². The van der Waals surface area contributed by atoms with Gasteiger partial charge in [0.05, 0.1) is 35.6 Å². The van der Waals surface area contributed by atoms with Crippen LogP contribution in [-0.2, 0) is 9.53 Å². The van der Waals surface area contributed by atoms with Crippen molar-refractivity contribution in [2.24, 2.45) is 4.99 Å². The summed E-state index contributed by atoms with van der Waals surface area (Å²) in [7, 11) is 1.61. The molecule has 0 aliphatic carbocycles. The first-order valence-electron chi connectivity index (χ1n) is 11.4. The zero-order chi connectivity index (χ0) is 25.4. The Morgan fingerprint density at radius 2 is 1.89 bits per heavy atom. The lowest BCUT2D eigenvalue weighted by molar-refractivity contribution is -0.139. The molecule has 8 heteroatoms. The van der Waals surface area contributed by atoms with Gasteiger partial charge in [-0.1, -0.05) is 65.4 Å². The minimum Gasteiger partial charge on any atom is -0.496 e. The molecule has 4 aromatic rings. The van der Waals surface area contributed by atoms with Gasteiger partial charge in [-0.2, -0.15) is 0 Å². The average Bonchev–Trinajstić information content (AvgIpc) is 3.18. The van der Waals surface area contributed by atoms with Crippen molar-refractivity contribution in [2.75, 3.05) is 13.7 Å². The Morgan fingerprint density at radius 3 is 2.61 bits per heavy atom. The molecule has 182 valence electrons. The molecule has 0 bridgehead atoms. The number of carbonyl (C=O) groups is 1. The van der Waals surface area contributed by atoms with E-state index in [1.807, 2.05) is 54.6 Å². The minimum absolute atomic E-state index is 0.217. The van der Waals surface area contributed by atoms with Crippen molar-refractivity contribution in [3.8, 4) is 5.75 Å². The lowest BCUT2D eigenvalue weighted by atomic mass is 9.96. The Kier molecular flexibility index (Phi) is 6.51. The Balaban J connectivity index is 1.78. The van der Waals surface area contributed by atoms with Crippen LogP contribution in [0.3, 0.4) is 0 Å². The van der Waals surface area contributed by atoms with E-state index in [1.165, 1.54) is 11.3 Å². The molecule has 0 saturated carbocycles. The molecule has 0 saturated heterocycles. The SMILES string of the molecule is CCOC(=O)C1=C(C)N=c2s/c(=C\c3c(OC)ccc4ccccc34)c(=O)n2[C@H]1c1ccc(Cl)cc1. The second-order valence-corrected chi connectivity index (χ2v) is 9.70. The molecule has 1 aliphatic heterocycles. The van der Waals surface area contributed by atoms with E-state index in [4.69, 9.17) is 21.1 Å². The molecule has 0 radical (unpaired) electrons. The van der Waals surface area contributed by atoms with Crippen molar-refractivity contribution in [1.82, 2.24) is 4.57 Å². The van der Waals surface area contributed by atoms with Crippen LogP contribution >= 0.6 is 22.9 Å². The zero-order valence-electron chi connectivity index (χ0n) is 19.9. The summed E-state index contributed by atoms with van der Waals surface area (Å²) in [4.78, 5) is 32.0. The summed E-state index contributed by atoms with van der Waals surface area (Å²) in [6.45, 7) is 3.73. The number of carbonyl (C=O) groups excluding carboxylic acids is 1. The highest BCUT2D eigenvalue weighted by molar-refractivity contribution is 7.07. The van der Waals surface area contributed by atoms with Crippen molar-refractivity contribution >= 4 is 45.8 Å². The number of rotatable bonds is 5. The number of halogens is 1. The number of thiazole rings is 1. The predicted molar refractivity (Wildman–Crippen MR) is 142 cm³/mol. The van der Waals surface area contributed by atoms with Crippen LogP contribution in [0.2, 0.25) is 5.02 Å². The van der Waals surface area contributed by atoms with Gasteiger partial charge in [0, 0.05) is 10.6 Å². The monoisotopic (exact) mass is 518 g/mol. The molecule has 36 heavy (non-hydrogen) atoms.